The van der Waals surface area contributed by atoms with Crippen molar-refractivity contribution >= 4 is 27.3 Å². The minimum atomic E-state index is -1.71. The molecule has 1 aromatic carbocycles. The summed E-state index contributed by atoms with van der Waals surface area (Å²) in [5.74, 6) is -1.55. The smallest absolute Gasteiger partial charge is 0.181 e. The standard InChI is InChI=1S/C9H6F2N2OS2/c10-5-1-2-7(6(11)3-5)16(14)8-4-13-9(12)15-8/h1-4H,(H2,12,13). The summed E-state index contributed by atoms with van der Waals surface area (Å²) in [7, 11) is -1.71. The molecule has 0 saturated carbocycles. The molecular formula is C9H6F2N2OS2. The molecule has 0 aliphatic heterocycles. The molecule has 2 aromatic rings. The maximum absolute atomic E-state index is 13.3. The van der Waals surface area contributed by atoms with E-state index in [9.17, 15) is 13.0 Å². The second-order valence-electron chi connectivity index (χ2n) is 2.86. The van der Waals surface area contributed by atoms with E-state index in [4.69, 9.17) is 5.73 Å². The molecule has 7 heteroatoms. The van der Waals surface area contributed by atoms with Crippen molar-refractivity contribution in [2.24, 2.45) is 0 Å². The van der Waals surface area contributed by atoms with Gasteiger partial charge in [0.15, 0.2) is 5.13 Å². The van der Waals surface area contributed by atoms with E-state index in [1.165, 1.54) is 6.20 Å². The number of nitrogens with two attached hydrogens (primary N) is 1. The number of hydrogen-bond donors (Lipinski definition) is 1. The Labute approximate surface area is 96.4 Å². The van der Waals surface area contributed by atoms with Gasteiger partial charge >= 0.3 is 0 Å². The lowest BCUT2D eigenvalue weighted by molar-refractivity contribution is 0.562. The lowest BCUT2D eigenvalue weighted by atomic mass is 10.3. The van der Waals surface area contributed by atoms with Crippen molar-refractivity contribution in [3.63, 3.8) is 0 Å². The van der Waals surface area contributed by atoms with Crippen LogP contribution in [0.15, 0.2) is 33.5 Å². The highest BCUT2D eigenvalue weighted by Gasteiger charge is 2.15. The Kier molecular flexibility index (Phi) is 2.97. The van der Waals surface area contributed by atoms with Crippen molar-refractivity contribution in [3.8, 4) is 0 Å². The minimum absolute atomic E-state index is 0.0787. The third-order valence-electron chi connectivity index (χ3n) is 1.78. The fourth-order valence-corrected chi connectivity index (χ4v) is 3.13. The molecule has 0 bridgehead atoms. The first-order valence-electron chi connectivity index (χ1n) is 4.16. The van der Waals surface area contributed by atoms with Crippen molar-refractivity contribution in [2.75, 3.05) is 5.73 Å². The van der Waals surface area contributed by atoms with Crippen LogP contribution in [0, 0.1) is 11.6 Å². The van der Waals surface area contributed by atoms with E-state index in [1.54, 1.807) is 0 Å². The number of thiazole rings is 1. The molecular weight excluding hydrogens is 254 g/mol. The topological polar surface area (TPSA) is 56.0 Å². The van der Waals surface area contributed by atoms with Gasteiger partial charge in [-0.3, -0.25) is 0 Å². The zero-order valence-corrected chi connectivity index (χ0v) is 9.45. The van der Waals surface area contributed by atoms with E-state index < -0.39 is 22.4 Å². The summed E-state index contributed by atoms with van der Waals surface area (Å²) >= 11 is 1.01. The molecule has 3 nitrogen and oxygen atoms in total. The van der Waals surface area contributed by atoms with Gasteiger partial charge in [0.2, 0.25) is 0 Å². The zero-order valence-electron chi connectivity index (χ0n) is 7.81. The van der Waals surface area contributed by atoms with Crippen molar-refractivity contribution in [1.82, 2.24) is 4.98 Å². The van der Waals surface area contributed by atoms with E-state index in [0.29, 0.717) is 10.3 Å². The average molecular weight is 260 g/mol. The first-order valence-corrected chi connectivity index (χ1v) is 6.12. The SMILES string of the molecule is Nc1ncc(S(=O)c2ccc(F)cc2F)s1. The van der Waals surface area contributed by atoms with E-state index in [-0.39, 0.29) is 10.0 Å². The summed E-state index contributed by atoms with van der Waals surface area (Å²) in [6, 6.07) is 2.90. The van der Waals surface area contributed by atoms with Gasteiger partial charge < -0.3 is 5.73 Å². The molecule has 0 aliphatic carbocycles. The molecule has 0 radical (unpaired) electrons. The first-order chi connectivity index (χ1) is 7.58. The maximum Gasteiger partial charge on any atom is 0.181 e. The molecule has 1 heterocycles. The molecule has 0 saturated heterocycles. The molecule has 0 spiro atoms. The van der Waals surface area contributed by atoms with Gasteiger partial charge in [-0.2, -0.15) is 0 Å². The second-order valence-corrected chi connectivity index (χ2v) is 5.60. The highest BCUT2D eigenvalue weighted by atomic mass is 32.2. The van der Waals surface area contributed by atoms with E-state index in [2.05, 4.69) is 4.98 Å². The molecule has 2 N–H and O–H groups in total. The molecule has 1 aromatic heterocycles. The summed E-state index contributed by atoms with van der Waals surface area (Å²) in [5.41, 5.74) is 5.38. The number of nitrogen functional groups attached to an aromatic ring is 1. The number of aromatic nitrogens is 1. The fourth-order valence-electron chi connectivity index (χ4n) is 1.09. The van der Waals surface area contributed by atoms with Crippen LogP contribution in [0.2, 0.25) is 0 Å². The Morgan fingerprint density at radius 3 is 2.69 bits per heavy atom. The lowest BCUT2D eigenvalue weighted by Gasteiger charge is -2.00. The van der Waals surface area contributed by atoms with Crippen LogP contribution in [0.5, 0.6) is 0 Å². The Morgan fingerprint density at radius 2 is 2.12 bits per heavy atom. The number of halogens is 2. The molecule has 2 rings (SSSR count). The highest BCUT2D eigenvalue weighted by molar-refractivity contribution is 7.87. The van der Waals surface area contributed by atoms with Gasteiger partial charge in [-0.1, -0.05) is 11.3 Å². The van der Waals surface area contributed by atoms with Crippen LogP contribution in [0.4, 0.5) is 13.9 Å². The van der Waals surface area contributed by atoms with Gasteiger partial charge in [-0.25, -0.2) is 18.0 Å². The van der Waals surface area contributed by atoms with Gasteiger partial charge in [-0.15, -0.1) is 0 Å². The van der Waals surface area contributed by atoms with Crippen LogP contribution in [-0.2, 0) is 10.8 Å². The van der Waals surface area contributed by atoms with Gasteiger partial charge in [-0.05, 0) is 12.1 Å². The number of benzene rings is 1. The van der Waals surface area contributed by atoms with E-state index in [0.717, 1.165) is 23.5 Å². The van der Waals surface area contributed by atoms with Crippen LogP contribution >= 0.6 is 11.3 Å². The molecule has 1 atom stereocenters. The second kappa shape index (κ2) is 4.26. The molecule has 16 heavy (non-hydrogen) atoms. The quantitative estimate of drug-likeness (QED) is 0.900. The lowest BCUT2D eigenvalue weighted by Crippen LogP contribution is -1.95. The van der Waals surface area contributed by atoms with Crippen LogP contribution in [0.3, 0.4) is 0 Å². The number of hydrogen-bond acceptors (Lipinski definition) is 4. The normalized spacial score (nSPS) is 12.6. The fraction of sp³-hybridized carbons (Fsp3) is 0. The van der Waals surface area contributed by atoms with Crippen LogP contribution < -0.4 is 5.73 Å². The Hall–Kier alpha value is -1.34. The molecule has 0 amide bonds. The summed E-state index contributed by atoms with van der Waals surface area (Å²) < 4.78 is 38.2. The summed E-state index contributed by atoms with van der Waals surface area (Å²) in [5, 5.41) is 0.255. The predicted molar refractivity (Wildman–Crippen MR) is 57.6 cm³/mol. The van der Waals surface area contributed by atoms with Gasteiger partial charge in [0.25, 0.3) is 0 Å². The Balaban J connectivity index is 2.41. The zero-order chi connectivity index (χ0) is 11.7. The monoisotopic (exact) mass is 260 g/mol. The number of nitrogens with zero attached hydrogens (tertiary/aromatic N) is 1. The molecule has 1 unspecified atom stereocenters. The van der Waals surface area contributed by atoms with Crippen LogP contribution in [0.25, 0.3) is 0 Å². The number of anilines is 1. The third-order valence-corrected chi connectivity index (χ3v) is 4.31. The minimum Gasteiger partial charge on any atom is -0.375 e. The molecule has 0 aliphatic rings. The predicted octanol–water partition coefficient (Wildman–Crippen LogP) is 2.17. The summed E-state index contributed by atoms with van der Waals surface area (Å²) in [4.78, 5) is 3.64. The third kappa shape index (κ3) is 2.10. The van der Waals surface area contributed by atoms with E-state index >= 15 is 0 Å². The average Bonchev–Trinajstić information content (AvgIpc) is 2.64. The number of rotatable bonds is 2. The Bertz CT molecular complexity index is 556. The van der Waals surface area contributed by atoms with Crippen LogP contribution in [0.1, 0.15) is 0 Å². The largest absolute Gasteiger partial charge is 0.375 e. The van der Waals surface area contributed by atoms with Gasteiger partial charge in [0.05, 0.1) is 21.9 Å². The highest BCUT2D eigenvalue weighted by Crippen LogP contribution is 2.25. The van der Waals surface area contributed by atoms with Crippen molar-refractivity contribution in [3.05, 3.63) is 36.0 Å². The van der Waals surface area contributed by atoms with Crippen LogP contribution in [-0.4, -0.2) is 9.19 Å². The first kappa shape index (κ1) is 11.2. The molecule has 84 valence electrons. The van der Waals surface area contributed by atoms with Crippen molar-refractivity contribution in [1.29, 1.82) is 0 Å². The van der Waals surface area contributed by atoms with E-state index in [1.807, 2.05) is 0 Å². The van der Waals surface area contributed by atoms with Crippen molar-refractivity contribution < 1.29 is 13.0 Å². The molecule has 0 fully saturated rings. The summed E-state index contributed by atoms with van der Waals surface area (Å²) in [6.45, 7) is 0. The van der Waals surface area contributed by atoms with Gasteiger partial charge in [0, 0.05) is 6.07 Å². The van der Waals surface area contributed by atoms with Crippen molar-refractivity contribution in [2.45, 2.75) is 9.10 Å². The summed E-state index contributed by atoms with van der Waals surface area (Å²) in [6.07, 6.45) is 1.32. The maximum atomic E-state index is 13.3. The van der Waals surface area contributed by atoms with Gasteiger partial charge in [0.1, 0.15) is 15.8 Å². The Morgan fingerprint density at radius 1 is 1.38 bits per heavy atom.